The molecule has 12 heteroatoms. The highest BCUT2D eigenvalue weighted by Crippen LogP contribution is 2.29. The fourth-order valence-electron chi connectivity index (χ4n) is 3.81. The minimum Gasteiger partial charge on any atom is -0.494 e. The second-order valence-electron chi connectivity index (χ2n) is 7.95. The lowest BCUT2D eigenvalue weighted by molar-refractivity contribution is -0.133. The Bertz CT molecular complexity index is 1240. The van der Waals surface area contributed by atoms with Gasteiger partial charge in [-0.3, -0.25) is 9.59 Å². The molecule has 1 saturated heterocycles. The average Bonchev–Trinajstić information content (AvgIpc) is 3.18. The van der Waals surface area contributed by atoms with Gasteiger partial charge in [-0.1, -0.05) is 0 Å². The van der Waals surface area contributed by atoms with Crippen LogP contribution >= 0.6 is 0 Å². The molecule has 9 nitrogen and oxygen atoms in total. The lowest BCUT2D eigenvalue weighted by atomic mass is 10.2. The van der Waals surface area contributed by atoms with Crippen molar-refractivity contribution in [2.24, 2.45) is 0 Å². The largest absolute Gasteiger partial charge is 0.494 e. The molecule has 0 spiro atoms. The Labute approximate surface area is 199 Å². The van der Waals surface area contributed by atoms with Crippen LogP contribution in [0.15, 0.2) is 36.7 Å². The van der Waals surface area contributed by atoms with Crippen molar-refractivity contribution in [3.63, 3.8) is 0 Å². The van der Waals surface area contributed by atoms with E-state index in [0.29, 0.717) is 36.8 Å². The molecule has 1 aromatic heterocycles. The number of benzene rings is 2. The molecule has 184 valence electrons. The first-order valence-electron chi connectivity index (χ1n) is 10.8. The molecule has 1 fully saturated rings. The molecule has 0 unspecified atom stereocenters. The standard InChI is InChI=1S/C23H23F3N6O3/c1-14-27-13-32(29-14)19-4-3-16(11-20(19)35-2)30-6-5-22(34)31(8-7-30)12-21(33)28-15-9-17(24)23(26)18(25)10-15/h3-4,9-11,13H,5-8,12H2,1-2H3,(H,28,33). The number of carbonyl (C=O) groups is 2. The predicted octanol–water partition coefficient (Wildman–Crippen LogP) is 2.68. The number of nitrogens with one attached hydrogen (secondary N) is 1. The molecule has 2 heterocycles. The van der Waals surface area contributed by atoms with Crippen LogP contribution in [0.4, 0.5) is 24.5 Å². The molecule has 2 amide bonds. The van der Waals surface area contributed by atoms with Gasteiger partial charge in [0.2, 0.25) is 11.8 Å². The van der Waals surface area contributed by atoms with Crippen molar-refractivity contribution in [3.05, 3.63) is 59.9 Å². The Morgan fingerprint density at radius 2 is 1.86 bits per heavy atom. The Hall–Kier alpha value is -4.09. The molecule has 4 rings (SSSR count). The zero-order valence-corrected chi connectivity index (χ0v) is 19.1. The summed E-state index contributed by atoms with van der Waals surface area (Å²) in [4.78, 5) is 32.5. The fourth-order valence-corrected chi connectivity index (χ4v) is 3.81. The molecule has 1 N–H and O–H groups in total. The zero-order valence-electron chi connectivity index (χ0n) is 19.1. The first-order valence-corrected chi connectivity index (χ1v) is 10.8. The van der Waals surface area contributed by atoms with Crippen LogP contribution in [0.5, 0.6) is 5.75 Å². The van der Waals surface area contributed by atoms with Gasteiger partial charge in [0, 0.05) is 55.6 Å². The average molecular weight is 488 g/mol. The predicted molar refractivity (Wildman–Crippen MR) is 121 cm³/mol. The molecule has 35 heavy (non-hydrogen) atoms. The smallest absolute Gasteiger partial charge is 0.244 e. The van der Waals surface area contributed by atoms with Gasteiger partial charge in [-0.15, -0.1) is 0 Å². The van der Waals surface area contributed by atoms with Gasteiger partial charge in [0.1, 0.15) is 23.6 Å². The highest BCUT2D eigenvalue weighted by atomic mass is 19.2. The first kappa shape index (κ1) is 24.0. The van der Waals surface area contributed by atoms with Crippen LogP contribution in [-0.4, -0.2) is 64.8 Å². The van der Waals surface area contributed by atoms with E-state index in [1.54, 1.807) is 25.0 Å². The molecule has 0 radical (unpaired) electrons. The molecule has 1 aliphatic rings. The highest BCUT2D eigenvalue weighted by molar-refractivity contribution is 5.94. The third kappa shape index (κ3) is 5.36. The molecule has 1 aliphatic heterocycles. The van der Waals surface area contributed by atoms with E-state index in [1.165, 1.54) is 4.90 Å². The van der Waals surface area contributed by atoms with E-state index in [4.69, 9.17) is 4.74 Å². The van der Waals surface area contributed by atoms with Gasteiger partial charge in [0.25, 0.3) is 0 Å². The molecular formula is C23H23F3N6O3. The maximum Gasteiger partial charge on any atom is 0.244 e. The number of anilines is 2. The summed E-state index contributed by atoms with van der Waals surface area (Å²) in [6, 6.07) is 6.94. The second-order valence-corrected chi connectivity index (χ2v) is 7.95. The van der Waals surface area contributed by atoms with Crippen molar-refractivity contribution >= 4 is 23.2 Å². The van der Waals surface area contributed by atoms with E-state index < -0.39 is 23.4 Å². The Morgan fingerprint density at radius 1 is 1.11 bits per heavy atom. The monoisotopic (exact) mass is 488 g/mol. The summed E-state index contributed by atoms with van der Waals surface area (Å²) in [7, 11) is 1.55. The Balaban J connectivity index is 1.42. The number of aryl methyl sites for hydroxylation is 1. The number of hydrogen-bond acceptors (Lipinski definition) is 6. The molecule has 0 aliphatic carbocycles. The number of carbonyl (C=O) groups excluding carboxylic acids is 2. The Kier molecular flexibility index (Phi) is 6.90. The van der Waals surface area contributed by atoms with Crippen molar-refractivity contribution in [1.82, 2.24) is 19.7 Å². The number of ether oxygens (including phenoxy) is 1. The molecule has 0 bridgehead atoms. The minimum atomic E-state index is -1.62. The highest BCUT2D eigenvalue weighted by Gasteiger charge is 2.24. The number of nitrogens with zero attached hydrogens (tertiary/aromatic N) is 5. The zero-order chi connectivity index (χ0) is 25.1. The van der Waals surface area contributed by atoms with Crippen molar-refractivity contribution in [1.29, 1.82) is 0 Å². The SMILES string of the molecule is COc1cc(N2CCC(=O)N(CC(=O)Nc3cc(F)c(F)c(F)c3)CC2)ccc1-n1cnc(C)n1. The molecule has 2 aromatic carbocycles. The van der Waals surface area contributed by atoms with Gasteiger partial charge < -0.3 is 19.9 Å². The lowest BCUT2D eigenvalue weighted by Gasteiger charge is -2.24. The number of methoxy groups -OCH3 is 1. The van der Waals surface area contributed by atoms with E-state index in [2.05, 4.69) is 15.4 Å². The van der Waals surface area contributed by atoms with Gasteiger partial charge in [0.15, 0.2) is 17.5 Å². The molecule has 0 saturated carbocycles. The van der Waals surface area contributed by atoms with Crippen molar-refractivity contribution < 1.29 is 27.5 Å². The number of halogens is 3. The summed E-state index contributed by atoms with van der Waals surface area (Å²) in [6.45, 7) is 2.61. The maximum atomic E-state index is 13.4. The summed E-state index contributed by atoms with van der Waals surface area (Å²) in [5.74, 6) is -4.12. The second kappa shape index (κ2) is 10.0. The lowest BCUT2D eigenvalue weighted by Crippen LogP contribution is -2.39. The maximum absolute atomic E-state index is 13.4. The number of rotatable bonds is 6. The quantitative estimate of drug-likeness (QED) is 0.537. The third-order valence-corrected chi connectivity index (χ3v) is 5.57. The van der Waals surface area contributed by atoms with Gasteiger partial charge >= 0.3 is 0 Å². The van der Waals surface area contributed by atoms with Crippen LogP contribution in [0.2, 0.25) is 0 Å². The summed E-state index contributed by atoms with van der Waals surface area (Å²) in [6.07, 6.45) is 1.76. The van der Waals surface area contributed by atoms with Crippen LogP contribution in [0.1, 0.15) is 12.2 Å². The van der Waals surface area contributed by atoms with Crippen LogP contribution in [0.3, 0.4) is 0 Å². The van der Waals surface area contributed by atoms with Crippen molar-refractivity contribution in [3.8, 4) is 11.4 Å². The van der Waals surface area contributed by atoms with Gasteiger partial charge in [-0.2, -0.15) is 5.10 Å². The molecule has 3 aromatic rings. The van der Waals surface area contributed by atoms with Crippen molar-refractivity contribution in [2.75, 3.05) is 43.5 Å². The van der Waals surface area contributed by atoms with E-state index in [9.17, 15) is 22.8 Å². The molecule has 0 atom stereocenters. The van der Waals surface area contributed by atoms with Crippen molar-refractivity contribution in [2.45, 2.75) is 13.3 Å². The Morgan fingerprint density at radius 3 is 2.51 bits per heavy atom. The van der Waals surface area contributed by atoms with Crippen LogP contribution in [-0.2, 0) is 9.59 Å². The fraction of sp³-hybridized carbons (Fsp3) is 0.304. The van der Waals surface area contributed by atoms with Gasteiger partial charge in [-0.25, -0.2) is 22.8 Å². The normalized spacial score (nSPS) is 14.1. The van der Waals surface area contributed by atoms with Gasteiger partial charge in [-0.05, 0) is 19.1 Å². The summed E-state index contributed by atoms with van der Waals surface area (Å²) < 4.78 is 47.0. The van der Waals surface area contributed by atoms with E-state index in [0.717, 1.165) is 11.4 Å². The van der Waals surface area contributed by atoms with Crippen LogP contribution in [0.25, 0.3) is 5.69 Å². The number of amides is 2. The number of hydrogen-bond donors (Lipinski definition) is 1. The van der Waals surface area contributed by atoms with Crippen LogP contribution < -0.4 is 15.0 Å². The van der Waals surface area contributed by atoms with E-state index in [1.807, 2.05) is 23.1 Å². The topological polar surface area (TPSA) is 92.6 Å². The van der Waals surface area contributed by atoms with Gasteiger partial charge in [0.05, 0.1) is 13.7 Å². The summed E-state index contributed by atoms with van der Waals surface area (Å²) >= 11 is 0. The first-order chi connectivity index (χ1) is 16.7. The number of aromatic nitrogens is 3. The minimum absolute atomic E-state index is 0.166. The summed E-state index contributed by atoms with van der Waals surface area (Å²) in [5.41, 5.74) is 1.32. The third-order valence-electron chi connectivity index (χ3n) is 5.57. The van der Waals surface area contributed by atoms with E-state index >= 15 is 0 Å². The molecular weight excluding hydrogens is 465 g/mol. The van der Waals surface area contributed by atoms with Crippen LogP contribution in [0, 0.1) is 24.4 Å². The van der Waals surface area contributed by atoms with E-state index in [-0.39, 0.29) is 31.1 Å². The summed E-state index contributed by atoms with van der Waals surface area (Å²) in [5, 5.41) is 6.60.